The SMILES string of the molecule is CC(C)N1CCN(C(=O)CN2CCc3cc(-c4cccc(N(C)C)c4)ccc3C2)CC1. The number of rotatable bonds is 5. The van der Waals surface area contributed by atoms with Crippen LogP contribution in [0.15, 0.2) is 42.5 Å². The van der Waals surface area contributed by atoms with E-state index in [4.69, 9.17) is 0 Å². The Kier molecular flexibility index (Phi) is 6.63. The molecule has 2 aliphatic rings. The molecule has 2 aliphatic heterocycles. The molecule has 0 bridgehead atoms. The van der Waals surface area contributed by atoms with Gasteiger partial charge in [-0.05, 0) is 54.7 Å². The topological polar surface area (TPSA) is 30.0 Å². The molecule has 0 atom stereocenters. The van der Waals surface area contributed by atoms with Gasteiger partial charge in [0.1, 0.15) is 0 Å². The molecular weight excluding hydrogens is 384 g/mol. The van der Waals surface area contributed by atoms with Gasteiger partial charge in [-0.1, -0.05) is 30.3 Å². The number of benzene rings is 2. The molecule has 5 heteroatoms. The number of fused-ring (bicyclic) bond motifs is 1. The summed E-state index contributed by atoms with van der Waals surface area (Å²) in [5.74, 6) is 0.281. The van der Waals surface area contributed by atoms with Crippen LogP contribution < -0.4 is 4.90 Å². The lowest BCUT2D eigenvalue weighted by molar-refractivity contribution is -0.134. The van der Waals surface area contributed by atoms with E-state index in [1.165, 1.54) is 27.9 Å². The highest BCUT2D eigenvalue weighted by Gasteiger charge is 2.25. The summed E-state index contributed by atoms with van der Waals surface area (Å²) in [6.45, 7) is 10.5. The van der Waals surface area contributed by atoms with E-state index in [1.54, 1.807) is 0 Å². The number of hydrogen-bond acceptors (Lipinski definition) is 4. The summed E-state index contributed by atoms with van der Waals surface area (Å²) in [4.78, 5) is 21.8. The van der Waals surface area contributed by atoms with Gasteiger partial charge in [0, 0.05) is 65.1 Å². The Hall–Kier alpha value is -2.37. The van der Waals surface area contributed by atoms with Crippen molar-refractivity contribution >= 4 is 11.6 Å². The van der Waals surface area contributed by atoms with Crippen LogP contribution in [0.5, 0.6) is 0 Å². The third-order valence-corrected chi connectivity index (χ3v) is 6.75. The van der Waals surface area contributed by atoms with Gasteiger partial charge in [0.15, 0.2) is 0 Å². The number of amides is 1. The van der Waals surface area contributed by atoms with Gasteiger partial charge in [0.25, 0.3) is 0 Å². The molecule has 0 radical (unpaired) electrons. The fourth-order valence-corrected chi connectivity index (χ4v) is 4.67. The summed E-state index contributed by atoms with van der Waals surface area (Å²) < 4.78 is 0. The van der Waals surface area contributed by atoms with Crippen molar-refractivity contribution in [3.05, 3.63) is 53.6 Å². The zero-order chi connectivity index (χ0) is 22.0. The molecule has 166 valence electrons. The van der Waals surface area contributed by atoms with Crippen molar-refractivity contribution in [2.75, 3.05) is 58.3 Å². The van der Waals surface area contributed by atoms with Gasteiger partial charge >= 0.3 is 0 Å². The van der Waals surface area contributed by atoms with Gasteiger partial charge in [-0.3, -0.25) is 14.6 Å². The number of carbonyl (C=O) groups is 1. The second-order valence-corrected chi connectivity index (χ2v) is 9.40. The van der Waals surface area contributed by atoms with Gasteiger partial charge in [-0.15, -0.1) is 0 Å². The Morgan fingerprint density at radius 2 is 1.68 bits per heavy atom. The maximum Gasteiger partial charge on any atom is 0.236 e. The molecular formula is C26H36N4O. The van der Waals surface area contributed by atoms with E-state index in [9.17, 15) is 4.79 Å². The Morgan fingerprint density at radius 3 is 2.39 bits per heavy atom. The zero-order valence-corrected chi connectivity index (χ0v) is 19.5. The molecule has 0 aliphatic carbocycles. The molecule has 1 saturated heterocycles. The molecule has 1 amide bonds. The Bertz CT molecular complexity index is 915. The lowest BCUT2D eigenvalue weighted by Gasteiger charge is -2.38. The number of hydrogen-bond donors (Lipinski definition) is 0. The summed E-state index contributed by atoms with van der Waals surface area (Å²) in [6, 6.07) is 16.1. The van der Waals surface area contributed by atoms with Gasteiger partial charge in [0.2, 0.25) is 5.91 Å². The Balaban J connectivity index is 1.37. The van der Waals surface area contributed by atoms with E-state index in [0.29, 0.717) is 12.6 Å². The van der Waals surface area contributed by atoms with E-state index >= 15 is 0 Å². The minimum absolute atomic E-state index is 0.281. The number of nitrogens with zero attached hydrogens (tertiary/aromatic N) is 4. The van der Waals surface area contributed by atoms with Crippen LogP contribution >= 0.6 is 0 Å². The molecule has 0 aromatic heterocycles. The van der Waals surface area contributed by atoms with E-state index < -0.39 is 0 Å². The van der Waals surface area contributed by atoms with E-state index in [1.807, 2.05) is 0 Å². The first-order valence-electron chi connectivity index (χ1n) is 11.5. The third kappa shape index (κ3) is 5.10. The predicted molar refractivity (Wildman–Crippen MR) is 128 cm³/mol. The summed E-state index contributed by atoms with van der Waals surface area (Å²) in [7, 11) is 4.15. The Morgan fingerprint density at radius 1 is 0.935 bits per heavy atom. The molecule has 0 unspecified atom stereocenters. The predicted octanol–water partition coefficient (Wildman–Crippen LogP) is 3.33. The molecule has 31 heavy (non-hydrogen) atoms. The van der Waals surface area contributed by atoms with Gasteiger partial charge in [-0.25, -0.2) is 0 Å². The number of piperazine rings is 1. The van der Waals surface area contributed by atoms with Crippen LogP contribution in [0, 0.1) is 0 Å². The van der Waals surface area contributed by atoms with Crippen molar-refractivity contribution in [2.24, 2.45) is 0 Å². The van der Waals surface area contributed by atoms with Crippen LogP contribution in [0.4, 0.5) is 5.69 Å². The first kappa shape index (κ1) is 21.8. The molecule has 2 heterocycles. The minimum atomic E-state index is 0.281. The van der Waals surface area contributed by atoms with Gasteiger partial charge in [-0.2, -0.15) is 0 Å². The van der Waals surface area contributed by atoms with Crippen molar-refractivity contribution in [2.45, 2.75) is 32.9 Å². The lowest BCUT2D eigenvalue weighted by Crippen LogP contribution is -2.53. The number of carbonyl (C=O) groups excluding carboxylic acids is 1. The fraction of sp³-hybridized carbons (Fsp3) is 0.500. The maximum atomic E-state index is 12.8. The maximum absolute atomic E-state index is 12.8. The van der Waals surface area contributed by atoms with Crippen LogP contribution in [0.1, 0.15) is 25.0 Å². The van der Waals surface area contributed by atoms with Crippen molar-refractivity contribution in [3.63, 3.8) is 0 Å². The van der Waals surface area contributed by atoms with Gasteiger partial charge < -0.3 is 9.80 Å². The second-order valence-electron chi connectivity index (χ2n) is 9.40. The minimum Gasteiger partial charge on any atom is -0.378 e. The van der Waals surface area contributed by atoms with Crippen molar-refractivity contribution in [1.29, 1.82) is 0 Å². The average molecular weight is 421 g/mol. The number of anilines is 1. The third-order valence-electron chi connectivity index (χ3n) is 6.75. The van der Waals surface area contributed by atoms with E-state index in [2.05, 4.69) is 90.0 Å². The van der Waals surface area contributed by atoms with Gasteiger partial charge in [0.05, 0.1) is 6.54 Å². The molecule has 2 aromatic carbocycles. The first-order valence-corrected chi connectivity index (χ1v) is 11.5. The smallest absolute Gasteiger partial charge is 0.236 e. The van der Waals surface area contributed by atoms with Crippen molar-refractivity contribution in [1.82, 2.24) is 14.7 Å². The van der Waals surface area contributed by atoms with Crippen LogP contribution in [-0.4, -0.2) is 80.0 Å². The van der Waals surface area contributed by atoms with Crippen molar-refractivity contribution in [3.8, 4) is 11.1 Å². The van der Waals surface area contributed by atoms with E-state index in [0.717, 1.165) is 45.7 Å². The van der Waals surface area contributed by atoms with Crippen LogP contribution in [0.2, 0.25) is 0 Å². The van der Waals surface area contributed by atoms with E-state index in [-0.39, 0.29) is 5.91 Å². The molecule has 0 spiro atoms. The molecule has 2 aromatic rings. The average Bonchev–Trinajstić information content (AvgIpc) is 2.78. The van der Waals surface area contributed by atoms with Crippen LogP contribution in [0.3, 0.4) is 0 Å². The summed E-state index contributed by atoms with van der Waals surface area (Å²) in [5.41, 5.74) is 6.52. The zero-order valence-electron chi connectivity index (χ0n) is 19.5. The molecule has 4 rings (SSSR count). The summed E-state index contributed by atoms with van der Waals surface area (Å²) >= 11 is 0. The molecule has 1 fully saturated rings. The molecule has 0 N–H and O–H groups in total. The quantitative estimate of drug-likeness (QED) is 0.742. The molecule has 0 saturated carbocycles. The molecule has 5 nitrogen and oxygen atoms in total. The van der Waals surface area contributed by atoms with Crippen molar-refractivity contribution < 1.29 is 4.79 Å². The van der Waals surface area contributed by atoms with Crippen LogP contribution in [0.25, 0.3) is 11.1 Å². The highest BCUT2D eigenvalue weighted by molar-refractivity contribution is 5.78. The standard InChI is InChI=1S/C26H36N4O/c1-20(2)29-12-14-30(15-13-29)26(31)19-28-11-10-23-16-22(8-9-24(23)18-28)21-6-5-7-25(17-21)27(3)4/h5-9,16-17,20H,10-15,18-19H2,1-4H3. The second kappa shape index (κ2) is 9.41. The fourth-order valence-electron chi connectivity index (χ4n) is 4.67. The monoisotopic (exact) mass is 420 g/mol. The normalized spacial score (nSPS) is 17.6. The highest BCUT2D eigenvalue weighted by atomic mass is 16.2. The lowest BCUT2D eigenvalue weighted by atomic mass is 9.94. The largest absolute Gasteiger partial charge is 0.378 e. The Labute approximate surface area is 187 Å². The summed E-state index contributed by atoms with van der Waals surface area (Å²) in [6.07, 6.45) is 1.00. The summed E-state index contributed by atoms with van der Waals surface area (Å²) in [5, 5.41) is 0. The highest BCUT2D eigenvalue weighted by Crippen LogP contribution is 2.28. The van der Waals surface area contributed by atoms with Crippen LogP contribution in [-0.2, 0) is 17.8 Å². The first-order chi connectivity index (χ1) is 14.9.